The summed E-state index contributed by atoms with van der Waals surface area (Å²) >= 11 is 0. The first kappa shape index (κ1) is 26.8. The van der Waals surface area contributed by atoms with Crippen molar-refractivity contribution in [2.75, 3.05) is 4.90 Å². The van der Waals surface area contributed by atoms with E-state index in [4.69, 9.17) is 14.7 Å². The number of amides is 1. The molecule has 1 aromatic heterocycles. The van der Waals surface area contributed by atoms with E-state index in [9.17, 15) is 18.0 Å². The van der Waals surface area contributed by atoms with Gasteiger partial charge in [0.2, 0.25) is 5.82 Å². The number of anilines is 2. The number of benzene rings is 4. The second-order valence-electron chi connectivity index (χ2n) is 11.4. The average Bonchev–Trinajstić information content (AvgIpc) is 3.02. The minimum Gasteiger partial charge on any atom is -0.408 e. The lowest BCUT2D eigenvalue weighted by Gasteiger charge is -2.38. The van der Waals surface area contributed by atoms with Gasteiger partial charge in [-0.3, -0.25) is 4.98 Å². The topological polar surface area (TPSA) is 55.3 Å². The van der Waals surface area contributed by atoms with E-state index in [-0.39, 0.29) is 11.6 Å². The van der Waals surface area contributed by atoms with Gasteiger partial charge < -0.3 is 4.74 Å². The molecule has 2 aliphatic heterocycles. The van der Waals surface area contributed by atoms with Crippen molar-refractivity contribution in [3.63, 3.8) is 0 Å². The van der Waals surface area contributed by atoms with E-state index >= 15 is 8.78 Å². The van der Waals surface area contributed by atoms with E-state index in [2.05, 4.69) is 12.1 Å². The summed E-state index contributed by atoms with van der Waals surface area (Å²) in [5, 5.41) is 0.835. The van der Waals surface area contributed by atoms with E-state index in [1.165, 1.54) is 28.2 Å². The molecule has 8 rings (SSSR count). The van der Waals surface area contributed by atoms with Crippen LogP contribution in [0.1, 0.15) is 35.4 Å². The monoisotopic (exact) mass is 597 g/mol. The van der Waals surface area contributed by atoms with Crippen LogP contribution in [-0.2, 0) is 12.8 Å². The molecule has 0 atom stereocenters. The maximum atomic E-state index is 15.1. The fourth-order valence-corrected chi connectivity index (χ4v) is 6.93. The largest absolute Gasteiger partial charge is 0.425 e. The summed E-state index contributed by atoms with van der Waals surface area (Å²) in [7, 11) is 0. The lowest BCUT2D eigenvalue weighted by molar-refractivity contribution is 0.210. The Balaban J connectivity index is 1.49. The molecular formula is C33H21BF5N3O2. The average molecular weight is 597 g/mol. The molecule has 4 aromatic carbocycles. The van der Waals surface area contributed by atoms with E-state index in [0.29, 0.717) is 38.9 Å². The molecule has 0 spiro atoms. The Hall–Kier alpha value is -4.80. The first-order valence-electron chi connectivity index (χ1n) is 14.3. The van der Waals surface area contributed by atoms with Crippen molar-refractivity contribution in [1.29, 1.82) is 0 Å². The summed E-state index contributed by atoms with van der Waals surface area (Å²) in [6, 6.07) is 12.6. The number of halogens is 5. The summed E-state index contributed by atoms with van der Waals surface area (Å²) < 4.78 is 78.5. The highest BCUT2D eigenvalue weighted by Crippen LogP contribution is 2.48. The third-order valence-corrected chi connectivity index (χ3v) is 9.07. The van der Waals surface area contributed by atoms with Crippen molar-refractivity contribution < 1.29 is 31.5 Å². The molecule has 11 heteroatoms. The second-order valence-corrected chi connectivity index (χ2v) is 11.4. The molecule has 44 heavy (non-hydrogen) atoms. The van der Waals surface area contributed by atoms with Crippen LogP contribution >= 0.6 is 0 Å². The van der Waals surface area contributed by atoms with Crippen molar-refractivity contribution in [1.82, 2.24) is 9.97 Å². The first-order valence-corrected chi connectivity index (χ1v) is 14.3. The highest BCUT2D eigenvalue weighted by molar-refractivity contribution is 6.98. The molecule has 0 saturated carbocycles. The summed E-state index contributed by atoms with van der Waals surface area (Å²) in [4.78, 5) is 24.9. The van der Waals surface area contributed by atoms with Crippen molar-refractivity contribution in [3.05, 3.63) is 94.1 Å². The molecule has 0 N–H and O–H groups in total. The van der Waals surface area contributed by atoms with Crippen LogP contribution in [0, 0.1) is 42.9 Å². The summed E-state index contributed by atoms with van der Waals surface area (Å²) in [6.45, 7) is 3.18. The molecule has 3 heterocycles. The smallest absolute Gasteiger partial charge is 0.408 e. The number of carbonyl (C=O) groups excluding carboxylic acids is 1. The zero-order chi connectivity index (χ0) is 30.6. The highest BCUT2D eigenvalue weighted by Gasteiger charge is 2.46. The number of carbonyl (C=O) groups is 1. The zero-order valence-corrected chi connectivity index (χ0v) is 23.5. The van der Waals surface area contributed by atoms with Gasteiger partial charge in [-0.2, -0.15) is 0 Å². The third kappa shape index (κ3) is 3.49. The van der Waals surface area contributed by atoms with Gasteiger partial charge in [-0.25, -0.2) is 36.6 Å². The number of aryl methyl sites for hydroxylation is 3. The Morgan fingerprint density at radius 3 is 2.25 bits per heavy atom. The Kier molecular flexibility index (Phi) is 5.70. The lowest BCUT2D eigenvalue weighted by atomic mass is 9.35. The van der Waals surface area contributed by atoms with E-state index in [1.54, 1.807) is 13.0 Å². The van der Waals surface area contributed by atoms with E-state index < -0.39 is 53.0 Å². The third-order valence-electron chi connectivity index (χ3n) is 9.07. The van der Waals surface area contributed by atoms with Crippen LogP contribution in [-0.4, -0.2) is 22.8 Å². The van der Waals surface area contributed by atoms with Gasteiger partial charge in [0.05, 0.1) is 28.2 Å². The van der Waals surface area contributed by atoms with Crippen LogP contribution in [0.25, 0.3) is 21.9 Å². The fraction of sp³-hybridized carbons (Fsp3) is 0.182. The maximum Gasteiger partial charge on any atom is 0.425 e. The standard InChI is InChI=1S/C33H21BF5N3O2/c1-14-15(2)41-32-31(40-14)34(20-9-5-7-16-6-3-4-8-18(16)20)21-13-11-17-10-12-19(30-22(17)29(21)42(32)33(43)44-30)23-24(35)26(37)28(39)27(38)25(23)36/h5,7,9-13H,3-4,6,8H2,1-2H3. The molecule has 0 radical (unpaired) electrons. The molecule has 0 unspecified atom stereocenters. The molecule has 0 bridgehead atoms. The van der Waals surface area contributed by atoms with Crippen LogP contribution < -0.4 is 26.2 Å². The van der Waals surface area contributed by atoms with E-state index in [1.807, 2.05) is 19.1 Å². The number of hydrogen-bond acceptors (Lipinski definition) is 4. The van der Waals surface area contributed by atoms with Crippen molar-refractivity contribution in [2.45, 2.75) is 39.5 Å². The van der Waals surface area contributed by atoms with Gasteiger partial charge in [0.25, 0.3) is 6.71 Å². The summed E-state index contributed by atoms with van der Waals surface area (Å²) in [5.74, 6) is -10.5. The number of aromatic nitrogens is 2. The SMILES string of the molecule is Cc1nc2c(nc1C)N1C(=O)Oc3c(-c4c(F)c(F)c(F)c(F)c4F)ccc4ccc(c1c34)B2c1cccc2c1CCCC2. The van der Waals surface area contributed by atoms with Gasteiger partial charge in [-0.1, -0.05) is 41.9 Å². The van der Waals surface area contributed by atoms with Crippen LogP contribution in [0.2, 0.25) is 0 Å². The van der Waals surface area contributed by atoms with Gasteiger partial charge >= 0.3 is 6.09 Å². The Morgan fingerprint density at radius 1 is 0.795 bits per heavy atom. The Morgan fingerprint density at radius 2 is 1.48 bits per heavy atom. The van der Waals surface area contributed by atoms with Gasteiger partial charge in [-0.05, 0) is 67.6 Å². The number of hydrogen-bond donors (Lipinski definition) is 0. The van der Waals surface area contributed by atoms with Crippen molar-refractivity contribution in [2.24, 2.45) is 0 Å². The van der Waals surface area contributed by atoms with Crippen LogP contribution in [0.3, 0.4) is 0 Å². The van der Waals surface area contributed by atoms with E-state index in [0.717, 1.165) is 31.1 Å². The predicted octanol–water partition coefficient (Wildman–Crippen LogP) is 5.97. The summed E-state index contributed by atoms with van der Waals surface area (Å²) in [6.07, 6.45) is 3.00. The normalized spacial score (nSPS) is 14.9. The Bertz CT molecular complexity index is 2110. The highest BCUT2D eigenvalue weighted by atomic mass is 19.2. The molecule has 1 aliphatic carbocycles. The first-order chi connectivity index (χ1) is 21.2. The molecule has 218 valence electrons. The lowest BCUT2D eigenvalue weighted by Crippen LogP contribution is -2.62. The molecule has 5 aromatic rings. The van der Waals surface area contributed by atoms with Gasteiger partial charge in [0.15, 0.2) is 34.8 Å². The van der Waals surface area contributed by atoms with Crippen LogP contribution in [0.5, 0.6) is 5.75 Å². The molecule has 0 fully saturated rings. The minimum absolute atomic E-state index is 0.267. The number of ether oxygens (including phenoxy) is 1. The van der Waals surface area contributed by atoms with Gasteiger partial charge in [0.1, 0.15) is 0 Å². The molecular weight excluding hydrogens is 576 g/mol. The van der Waals surface area contributed by atoms with Gasteiger partial charge in [-0.15, -0.1) is 0 Å². The maximum absolute atomic E-state index is 15.1. The molecule has 5 nitrogen and oxygen atoms in total. The molecule has 3 aliphatic rings. The minimum atomic E-state index is -2.27. The number of rotatable bonds is 2. The Labute approximate surface area is 248 Å². The number of nitrogens with zero attached hydrogens (tertiary/aromatic N) is 3. The van der Waals surface area contributed by atoms with Crippen molar-refractivity contribution >= 4 is 51.6 Å². The quantitative estimate of drug-likeness (QED) is 0.109. The summed E-state index contributed by atoms with van der Waals surface area (Å²) in [5.41, 5.74) is 4.80. The second kappa shape index (κ2) is 9.35. The van der Waals surface area contributed by atoms with Gasteiger partial charge in [0, 0.05) is 10.9 Å². The van der Waals surface area contributed by atoms with Crippen LogP contribution in [0.4, 0.5) is 38.3 Å². The van der Waals surface area contributed by atoms with Crippen molar-refractivity contribution in [3.8, 4) is 16.9 Å². The predicted molar refractivity (Wildman–Crippen MR) is 157 cm³/mol. The molecule has 1 amide bonds. The zero-order valence-electron chi connectivity index (χ0n) is 23.5. The molecule has 0 saturated heterocycles. The fourth-order valence-electron chi connectivity index (χ4n) is 6.93. The number of fused-ring (bicyclic) bond motifs is 3. The van der Waals surface area contributed by atoms with Crippen LogP contribution in [0.15, 0.2) is 42.5 Å².